The van der Waals surface area contributed by atoms with Crippen LogP contribution in [0, 0.1) is 0 Å². The molecule has 0 radical (unpaired) electrons. The normalized spacial score (nSPS) is 14.9. The van der Waals surface area contributed by atoms with Crippen LogP contribution in [0.5, 0.6) is 5.75 Å². The maximum atomic E-state index is 13.2. The van der Waals surface area contributed by atoms with E-state index in [1.54, 1.807) is 18.1 Å². The number of carbonyl (C=O) groups excluding carboxylic acids is 1. The van der Waals surface area contributed by atoms with Crippen LogP contribution >= 0.6 is 27.3 Å². The fourth-order valence-electron chi connectivity index (χ4n) is 3.66. The van der Waals surface area contributed by atoms with E-state index in [-0.39, 0.29) is 11.5 Å². The van der Waals surface area contributed by atoms with Gasteiger partial charge in [0.2, 0.25) is 4.96 Å². The summed E-state index contributed by atoms with van der Waals surface area (Å²) in [6.07, 6.45) is 1.66. The number of ether oxygens (including phenoxy) is 1. The van der Waals surface area contributed by atoms with Gasteiger partial charge in [-0.1, -0.05) is 45.5 Å². The molecule has 0 fully saturated rings. The summed E-state index contributed by atoms with van der Waals surface area (Å²) in [5.74, 6) is 0.777. The molecule has 4 aromatic rings. The SMILES string of the molecule is C=CCN1C(=O)C(=c2sc3nc(-c4ccccc4OC)nn3c2=O)c2cc(Br)ccc21. The number of fused-ring (bicyclic) bond motifs is 2. The van der Waals surface area contributed by atoms with Gasteiger partial charge in [0.25, 0.3) is 11.5 Å². The highest BCUT2D eigenvalue weighted by atomic mass is 79.9. The lowest BCUT2D eigenvalue weighted by atomic mass is 10.1. The quantitative estimate of drug-likeness (QED) is 0.407. The van der Waals surface area contributed by atoms with E-state index >= 15 is 0 Å². The Hall–Kier alpha value is -3.30. The van der Waals surface area contributed by atoms with Gasteiger partial charge in [-0.25, -0.2) is 0 Å². The summed E-state index contributed by atoms with van der Waals surface area (Å²) in [6.45, 7) is 4.09. The van der Waals surface area contributed by atoms with E-state index in [2.05, 4.69) is 32.6 Å². The van der Waals surface area contributed by atoms with Crippen molar-refractivity contribution >= 4 is 49.4 Å². The van der Waals surface area contributed by atoms with Crippen LogP contribution in [0.3, 0.4) is 0 Å². The molecule has 2 aromatic carbocycles. The minimum absolute atomic E-state index is 0.237. The summed E-state index contributed by atoms with van der Waals surface area (Å²) in [5.41, 5.74) is 2.13. The Kier molecular flexibility index (Phi) is 4.71. The number of nitrogens with zero attached hydrogens (tertiary/aromatic N) is 4. The van der Waals surface area contributed by atoms with E-state index in [0.717, 1.165) is 21.5 Å². The fourth-order valence-corrected chi connectivity index (χ4v) is 5.02. The summed E-state index contributed by atoms with van der Waals surface area (Å²) in [7, 11) is 1.57. The van der Waals surface area contributed by atoms with Gasteiger partial charge in [-0.3, -0.25) is 9.59 Å². The first kappa shape index (κ1) is 19.7. The maximum Gasteiger partial charge on any atom is 0.291 e. The van der Waals surface area contributed by atoms with Crippen molar-refractivity contribution in [3.63, 3.8) is 0 Å². The first-order chi connectivity index (χ1) is 15.0. The number of para-hydroxylation sites is 1. The van der Waals surface area contributed by atoms with Crippen LogP contribution in [-0.4, -0.2) is 34.2 Å². The highest BCUT2D eigenvalue weighted by Crippen LogP contribution is 2.37. The monoisotopic (exact) mass is 494 g/mol. The molecule has 0 atom stereocenters. The molecule has 1 aliphatic heterocycles. The number of benzene rings is 2. The molecular weight excluding hydrogens is 480 g/mol. The van der Waals surface area contributed by atoms with Crippen LogP contribution in [-0.2, 0) is 4.79 Å². The minimum Gasteiger partial charge on any atom is -0.496 e. The van der Waals surface area contributed by atoms with E-state index in [9.17, 15) is 9.59 Å². The Morgan fingerprint density at radius 2 is 2.00 bits per heavy atom. The number of anilines is 1. The van der Waals surface area contributed by atoms with Crippen LogP contribution in [0.4, 0.5) is 5.69 Å². The summed E-state index contributed by atoms with van der Waals surface area (Å²) in [5, 5.41) is 4.40. The van der Waals surface area contributed by atoms with Gasteiger partial charge < -0.3 is 9.64 Å². The third-order valence-corrected chi connectivity index (χ3v) is 6.54. The van der Waals surface area contributed by atoms with Gasteiger partial charge in [-0.15, -0.1) is 11.7 Å². The van der Waals surface area contributed by atoms with E-state index < -0.39 is 0 Å². The molecule has 3 heterocycles. The van der Waals surface area contributed by atoms with Gasteiger partial charge in [0.1, 0.15) is 10.3 Å². The van der Waals surface area contributed by atoms with Crippen LogP contribution in [0.15, 0.2) is 64.4 Å². The molecule has 0 aliphatic carbocycles. The molecule has 2 aromatic heterocycles. The second-order valence-electron chi connectivity index (χ2n) is 6.81. The summed E-state index contributed by atoms with van der Waals surface area (Å²) < 4.78 is 7.76. The van der Waals surface area contributed by atoms with Crippen molar-refractivity contribution in [2.24, 2.45) is 0 Å². The first-order valence-electron chi connectivity index (χ1n) is 9.33. The van der Waals surface area contributed by atoms with Gasteiger partial charge >= 0.3 is 0 Å². The molecule has 9 heteroatoms. The minimum atomic E-state index is -0.372. The third kappa shape index (κ3) is 3.00. The van der Waals surface area contributed by atoms with Crippen molar-refractivity contribution in [2.75, 3.05) is 18.6 Å². The lowest BCUT2D eigenvalue weighted by Crippen LogP contribution is -2.32. The molecule has 1 amide bonds. The van der Waals surface area contributed by atoms with E-state index in [1.807, 2.05) is 42.5 Å². The number of halogens is 1. The van der Waals surface area contributed by atoms with E-state index in [1.165, 1.54) is 4.52 Å². The zero-order valence-electron chi connectivity index (χ0n) is 16.3. The molecule has 7 nitrogen and oxygen atoms in total. The van der Waals surface area contributed by atoms with Crippen molar-refractivity contribution in [1.82, 2.24) is 14.6 Å². The predicted octanol–water partition coefficient (Wildman–Crippen LogP) is 3.04. The van der Waals surface area contributed by atoms with E-state index in [0.29, 0.717) is 44.3 Å². The zero-order chi connectivity index (χ0) is 21.7. The van der Waals surface area contributed by atoms with Crippen LogP contribution in [0.25, 0.3) is 21.9 Å². The van der Waals surface area contributed by atoms with E-state index in [4.69, 9.17) is 4.74 Å². The molecule has 0 saturated heterocycles. The molecule has 0 saturated carbocycles. The highest BCUT2D eigenvalue weighted by Gasteiger charge is 2.34. The Balaban J connectivity index is 1.74. The van der Waals surface area contributed by atoms with Crippen LogP contribution in [0.1, 0.15) is 5.56 Å². The fraction of sp³-hybridized carbons (Fsp3) is 0.0909. The van der Waals surface area contributed by atoms with Gasteiger partial charge in [-0.2, -0.15) is 9.50 Å². The number of hydrogen-bond acceptors (Lipinski definition) is 6. The predicted molar refractivity (Wildman–Crippen MR) is 124 cm³/mol. The molecule has 1 aliphatic rings. The molecule has 5 rings (SSSR count). The summed E-state index contributed by atoms with van der Waals surface area (Å²) in [4.78, 5) is 33.0. The number of carbonyl (C=O) groups is 1. The van der Waals surface area contributed by atoms with Gasteiger partial charge in [-0.05, 0) is 30.3 Å². The Morgan fingerprint density at radius 3 is 2.74 bits per heavy atom. The topological polar surface area (TPSA) is 76.8 Å². The lowest BCUT2D eigenvalue weighted by Gasteiger charge is -2.14. The molecule has 31 heavy (non-hydrogen) atoms. The van der Waals surface area contributed by atoms with Crippen molar-refractivity contribution in [3.8, 4) is 17.1 Å². The number of methoxy groups -OCH3 is 1. The van der Waals surface area contributed by atoms with Crippen molar-refractivity contribution in [2.45, 2.75) is 0 Å². The van der Waals surface area contributed by atoms with Crippen LogP contribution in [0.2, 0.25) is 0 Å². The van der Waals surface area contributed by atoms with Gasteiger partial charge in [0.15, 0.2) is 5.82 Å². The smallest absolute Gasteiger partial charge is 0.291 e. The first-order valence-corrected chi connectivity index (χ1v) is 10.9. The average Bonchev–Trinajstić information content (AvgIpc) is 3.40. The van der Waals surface area contributed by atoms with Gasteiger partial charge in [0, 0.05) is 16.6 Å². The maximum absolute atomic E-state index is 13.2. The number of amides is 1. The number of thiazole rings is 1. The second-order valence-corrected chi connectivity index (χ2v) is 8.70. The largest absolute Gasteiger partial charge is 0.496 e. The van der Waals surface area contributed by atoms with Gasteiger partial charge in [0.05, 0.1) is 23.9 Å². The molecular formula is C22H15BrN4O3S. The number of aromatic nitrogens is 3. The zero-order valence-corrected chi connectivity index (χ0v) is 18.7. The van der Waals surface area contributed by atoms with Crippen LogP contribution < -0.4 is 19.7 Å². The Morgan fingerprint density at radius 1 is 1.19 bits per heavy atom. The van der Waals surface area contributed by atoms with Crippen molar-refractivity contribution in [3.05, 3.63) is 80.0 Å². The Bertz CT molecular complexity index is 1490. The highest BCUT2D eigenvalue weighted by molar-refractivity contribution is 9.10. The average molecular weight is 495 g/mol. The van der Waals surface area contributed by atoms with Crippen molar-refractivity contribution in [1.29, 1.82) is 0 Å². The number of rotatable bonds is 4. The lowest BCUT2D eigenvalue weighted by molar-refractivity contribution is -0.112. The summed E-state index contributed by atoms with van der Waals surface area (Å²) >= 11 is 4.61. The molecule has 0 bridgehead atoms. The second kappa shape index (κ2) is 7.44. The molecule has 154 valence electrons. The Labute approximate surface area is 189 Å². The van der Waals surface area contributed by atoms with Crippen molar-refractivity contribution < 1.29 is 9.53 Å². The number of hydrogen-bond donors (Lipinski definition) is 0. The molecule has 0 N–H and O–H groups in total. The molecule has 0 unspecified atom stereocenters. The molecule has 0 spiro atoms. The summed E-state index contributed by atoms with van der Waals surface area (Å²) in [6, 6.07) is 12.9. The third-order valence-electron chi connectivity index (χ3n) is 5.02. The standard InChI is InChI=1S/C22H15BrN4O3S/c1-3-10-26-15-9-8-12(23)11-14(15)17(20(26)28)18-21(29)27-22(31-18)24-19(25-27)13-6-4-5-7-16(13)30-2/h3-9,11H,1,10H2,2H3.